The minimum absolute atomic E-state index is 0.682. The van der Waals surface area contributed by atoms with Gasteiger partial charge in [0.05, 0.1) is 6.61 Å². The van der Waals surface area contributed by atoms with E-state index in [1.165, 1.54) is 0 Å². The third-order valence-corrected chi connectivity index (χ3v) is 3.97. The number of alkyl halides is 6. The van der Waals surface area contributed by atoms with Crippen LogP contribution < -0.4 is 11.2 Å². The molecular formula is C14H14F6N2O8. The summed E-state index contributed by atoms with van der Waals surface area (Å²) < 4.78 is 89.6. The van der Waals surface area contributed by atoms with Crippen molar-refractivity contribution >= 4 is 5.97 Å². The molecule has 10 nitrogen and oxygen atoms in total. The van der Waals surface area contributed by atoms with Gasteiger partial charge in [0.1, 0.15) is 18.3 Å². The van der Waals surface area contributed by atoms with Crippen LogP contribution in [0.5, 0.6) is 0 Å². The number of hydrogen-bond acceptors (Lipinski definition) is 8. The van der Waals surface area contributed by atoms with Crippen molar-refractivity contribution in [2.45, 2.75) is 36.9 Å². The van der Waals surface area contributed by atoms with Crippen LogP contribution in [0, 0.1) is 5.92 Å². The largest absolute Gasteiger partial charge is 0.438 e. The van der Waals surface area contributed by atoms with E-state index in [9.17, 15) is 50.9 Å². The van der Waals surface area contributed by atoms with Crippen molar-refractivity contribution < 1.29 is 55.6 Å². The molecule has 170 valence electrons. The van der Waals surface area contributed by atoms with Crippen LogP contribution in [-0.4, -0.2) is 69.8 Å². The lowest BCUT2D eigenvalue weighted by Gasteiger charge is -2.24. The molecule has 1 aliphatic rings. The van der Waals surface area contributed by atoms with Crippen LogP contribution >= 0.6 is 0 Å². The monoisotopic (exact) mass is 452 g/mol. The average Bonchev–Trinajstić information content (AvgIpc) is 2.88. The van der Waals surface area contributed by atoms with E-state index >= 15 is 0 Å². The number of rotatable bonds is 6. The SMILES string of the molecule is O=C(OCO[C@@H]1[C@H](O)[C@@H](CO)O[C@H]1n1ccc(=O)[nH]c1=O)C(C(F)(F)F)C(F)(F)F. The fraction of sp³-hybridized carbons (Fsp3) is 0.643. The van der Waals surface area contributed by atoms with Gasteiger partial charge in [0.25, 0.3) is 5.56 Å². The second-order valence-electron chi connectivity index (χ2n) is 5.98. The van der Waals surface area contributed by atoms with E-state index in [4.69, 9.17) is 9.47 Å². The Morgan fingerprint density at radius 1 is 1.23 bits per heavy atom. The zero-order valence-corrected chi connectivity index (χ0v) is 14.5. The van der Waals surface area contributed by atoms with Crippen molar-refractivity contribution in [3.8, 4) is 0 Å². The van der Waals surface area contributed by atoms with Crippen molar-refractivity contribution in [3.63, 3.8) is 0 Å². The zero-order chi connectivity index (χ0) is 22.9. The normalized spacial score (nSPS) is 25.0. The molecule has 4 atom stereocenters. The van der Waals surface area contributed by atoms with Crippen LogP contribution in [0.25, 0.3) is 0 Å². The summed E-state index contributed by atoms with van der Waals surface area (Å²) in [5.74, 6) is -7.11. The van der Waals surface area contributed by atoms with Gasteiger partial charge >= 0.3 is 24.0 Å². The Morgan fingerprint density at radius 2 is 1.83 bits per heavy atom. The van der Waals surface area contributed by atoms with Crippen molar-refractivity contribution in [1.82, 2.24) is 9.55 Å². The second kappa shape index (κ2) is 8.75. The molecule has 0 spiro atoms. The first-order chi connectivity index (χ1) is 13.8. The van der Waals surface area contributed by atoms with E-state index in [1.807, 2.05) is 4.98 Å². The summed E-state index contributed by atoms with van der Waals surface area (Å²) in [7, 11) is 0. The van der Waals surface area contributed by atoms with Crippen LogP contribution in [-0.2, 0) is 19.0 Å². The highest BCUT2D eigenvalue weighted by atomic mass is 19.4. The Bertz CT molecular complexity index is 851. The molecule has 30 heavy (non-hydrogen) atoms. The molecule has 0 amide bonds. The van der Waals surface area contributed by atoms with Gasteiger partial charge in [0.2, 0.25) is 5.92 Å². The summed E-state index contributed by atoms with van der Waals surface area (Å²) in [4.78, 5) is 36.1. The number of carbonyl (C=O) groups excluding carboxylic acids is 1. The number of aromatic amines is 1. The van der Waals surface area contributed by atoms with Crippen LogP contribution in [0.2, 0.25) is 0 Å². The van der Waals surface area contributed by atoms with Gasteiger partial charge in [-0.15, -0.1) is 0 Å². The first-order valence-electron chi connectivity index (χ1n) is 7.95. The van der Waals surface area contributed by atoms with E-state index in [0.29, 0.717) is 4.57 Å². The van der Waals surface area contributed by atoms with Gasteiger partial charge in [0, 0.05) is 12.3 Å². The number of H-pyrrole nitrogens is 1. The fourth-order valence-electron chi connectivity index (χ4n) is 2.61. The standard InChI is InChI=1S/C14H14F6N2O8/c15-13(16,17)9(14(18,19)20)11(26)29-4-28-8-7(25)5(3-23)30-10(8)22-2-1-6(24)21-12(22)27/h1-2,5,7-10,23,25H,3-4H2,(H,21,24,27)/t5-,7-,8-,10-/m1/s1. The maximum atomic E-state index is 12.5. The third-order valence-electron chi connectivity index (χ3n) is 3.97. The van der Waals surface area contributed by atoms with Gasteiger partial charge in [0.15, 0.2) is 13.0 Å². The number of esters is 1. The molecule has 16 heteroatoms. The number of nitrogens with one attached hydrogen (secondary N) is 1. The minimum Gasteiger partial charge on any atom is -0.438 e. The quantitative estimate of drug-likeness (QED) is 0.296. The molecule has 0 bridgehead atoms. The Labute approximate surface area is 161 Å². The highest BCUT2D eigenvalue weighted by molar-refractivity contribution is 5.74. The van der Waals surface area contributed by atoms with E-state index in [0.717, 1.165) is 12.3 Å². The highest BCUT2D eigenvalue weighted by Crippen LogP contribution is 2.40. The summed E-state index contributed by atoms with van der Waals surface area (Å²) in [5, 5.41) is 19.2. The molecule has 0 aliphatic carbocycles. The molecule has 0 aromatic carbocycles. The van der Waals surface area contributed by atoms with Crippen LogP contribution in [0.15, 0.2) is 21.9 Å². The summed E-state index contributed by atoms with van der Waals surface area (Å²) in [6.45, 7) is -2.28. The van der Waals surface area contributed by atoms with Gasteiger partial charge in [-0.1, -0.05) is 0 Å². The predicted octanol–water partition coefficient (Wildman–Crippen LogP) is -0.586. The molecule has 2 heterocycles. The van der Waals surface area contributed by atoms with E-state index < -0.39 is 73.4 Å². The smallest absolute Gasteiger partial charge is 0.411 e. The number of nitrogens with zero attached hydrogens (tertiary/aromatic N) is 1. The minimum atomic E-state index is -5.97. The Kier molecular flexibility index (Phi) is 6.95. The Balaban J connectivity index is 2.15. The summed E-state index contributed by atoms with van der Waals surface area (Å²) >= 11 is 0. The van der Waals surface area contributed by atoms with Gasteiger partial charge in [-0.3, -0.25) is 19.1 Å². The molecule has 1 aliphatic heterocycles. The molecule has 0 saturated carbocycles. The highest BCUT2D eigenvalue weighted by Gasteiger charge is 2.62. The fourth-order valence-corrected chi connectivity index (χ4v) is 2.61. The molecule has 1 fully saturated rings. The van der Waals surface area contributed by atoms with Gasteiger partial charge in [-0.05, 0) is 0 Å². The number of ether oxygens (including phenoxy) is 3. The average molecular weight is 452 g/mol. The van der Waals surface area contributed by atoms with E-state index in [-0.39, 0.29) is 0 Å². The van der Waals surface area contributed by atoms with Crippen LogP contribution in [0.1, 0.15) is 6.23 Å². The topological polar surface area (TPSA) is 140 Å². The Hall–Kier alpha value is -2.43. The predicted molar refractivity (Wildman–Crippen MR) is 79.8 cm³/mol. The van der Waals surface area contributed by atoms with Gasteiger partial charge < -0.3 is 24.4 Å². The lowest BCUT2D eigenvalue weighted by molar-refractivity contribution is -0.285. The molecular weight excluding hydrogens is 438 g/mol. The lowest BCUT2D eigenvalue weighted by Crippen LogP contribution is -2.44. The first kappa shape index (κ1) is 23.8. The van der Waals surface area contributed by atoms with Crippen LogP contribution in [0.4, 0.5) is 26.3 Å². The lowest BCUT2D eigenvalue weighted by atomic mass is 10.1. The summed E-state index contributed by atoms with van der Waals surface area (Å²) in [5.41, 5.74) is -1.86. The molecule has 3 N–H and O–H groups in total. The zero-order valence-electron chi connectivity index (χ0n) is 14.5. The van der Waals surface area contributed by atoms with Crippen molar-refractivity contribution in [2.24, 2.45) is 5.92 Å². The molecule has 1 aromatic rings. The van der Waals surface area contributed by atoms with E-state index in [2.05, 4.69) is 4.74 Å². The van der Waals surface area contributed by atoms with E-state index in [1.54, 1.807) is 0 Å². The van der Waals surface area contributed by atoms with Crippen molar-refractivity contribution in [2.75, 3.05) is 13.4 Å². The number of hydrogen-bond donors (Lipinski definition) is 3. The number of halogens is 6. The summed E-state index contributed by atoms with van der Waals surface area (Å²) in [6, 6.07) is 0.873. The number of aromatic nitrogens is 2. The summed E-state index contributed by atoms with van der Waals surface area (Å²) in [6.07, 6.45) is -17.4. The molecule has 2 rings (SSSR count). The second-order valence-corrected chi connectivity index (χ2v) is 5.98. The first-order valence-corrected chi connectivity index (χ1v) is 7.95. The van der Waals surface area contributed by atoms with Crippen molar-refractivity contribution in [1.29, 1.82) is 0 Å². The number of carbonyl (C=O) groups is 1. The maximum Gasteiger partial charge on any atom is 0.411 e. The third kappa shape index (κ3) is 5.18. The van der Waals surface area contributed by atoms with Gasteiger partial charge in [-0.2, -0.15) is 26.3 Å². The number of aliphatic hydroxyl groups excluding tert-OH is 2. The molecule has 0 radical (unpaired) electrons. The van der Waals surface area contributed by atoms with Crippen LogP contribution in [0.3, 0.4) is 0 Å². The molecule has 1 saturated heterocycles. The van der Waals surface area contributed by atoms with Gasteiger partial charge in [-0.25, -0.2) is 4.79 Å². The Morgan fingerprint density at radius 3 is 2.33 bits per heavy atom. The maximum absolute atomic E-state index is 12.5. The molecule has 1 aromatic heterocycles. The number of aliphatic hydroxyl groups is 2. The van der Waals surface area contributed by atoms with Crippen molar-refractivity contribution in [3.05, 3.63) is 33.1 Å². The molecule has 0 unspecified atom stereocenters.